The summed E-state index contributed by atoms with van der Waals surface area (Å²) in [5, 5.41) is 5.11. The molecule has 1 amide bonds. The zero-order chi connectivity index (χ0) is 25.8. The van der Waals surface area contributed by atoms with Gasteiger partial charge >= 0.3 is 0 Å². The van der Waals surface area contributed by atoms with Crippen LogP contribution in [0.1, 0.15) is 67.6 Å². The van der Waals surface area contributed by atoms with E-state index < -0.39 is 5.83 Å². The summed E-state index contributed by atoms with van der Waals surface area (Å²) in [5.41, 5.74) is 3.85. The predicted molar refractivity (Wildman–Crippen MR) is 145 cm³/mol. The zero-order valence-corrected chi connectivity index (χ0v) is 21.9. The van der Waals surface area contributed by atoms with Gasteiger partial charge in [0.15, 0.2) is 5.82 Å². The van der Waals surface area contributed by atoms with E-state index in [1.54, 1.807) is 16.2 Å². The lowest BCUT2D eigenvalue weighted by molar-refractivity contribution is -0.118. The summed E-state index contributed by atoms with van der Waals surface area (Å²) >= 11 is 1.68. The molecule has 1 saturated carbocycles. The molecule has 0 bridgehead atoms. The number of unbranched alkanes of at least 4 members (excludes halogenated alkanes) is 2. The van der Waals surface area contributed by atoms with Crippen molar-refractivity contribution in [1.29, 1.82) is 0 Å². The number of hydrogen-bond donors (Lipinski definition) is 0. The summed E-state index contributed by atoms with van der Waals surface area (Å²) in [6, 6.07) is 14.2. The molecule has 4 aromatic rings. The number of thiazole rings is 1. The first-order chi connectivity index (χ1) is 18.0. The molecule has 5 rings (SSSR count). The smallest absolute Gasteiger partial charge is 0.227 e. The van der Waals surface area contributed by atoms with Crippen molar-refractivity contribution in [2.45, 2.75) is 64.2 Å². The molecule has 6 nitrogen and oxygen atoms in total. The Kier molecular flexibility index (Phi) is 7.74. The Morgan fingerprint density at radius 3 is 2.76 bits per heavy atom. The van der Waals surface area contributed by atoms with Gasteiger partial charge in [-0.15, -0.1) is 11.3 Å². The maximum Gasteiger partial charge on any atom is 0.227 e. The van der Waals surface area contributed by atoms with Crippen LogP contribution in [0.25, 0.3) is 21.3 Å². The van der Waals surface area contributed by atoms with Crippen molar-refractivity contribution in [3.8, 4) is 11.1 Å². The van der Waals surface area contributed by atoms with Gasteiger partial charge in [0.05, 0.1) is 21.1 Å². The molecule has 0 unspecified atom stereocenters. The van der Waals surface area contributed by atoms with Crippen LogP contribution in [0.3, 0.4) is 0 Å². The van der Waals surface area contributed by atoms with Crippen LogP contribution in [0.2, 0.25) is 0 Å². The molecular weight excluding hydrogens is 487 g/mol. The number of hydrogen-bond acceptors (Lipinski definition) is 6. The molecule has 37 heavy (non-hydrogen) atoms. The Labute approximate surface area is 220 Å². The fourth-order valence-corrected chi connectivity index (χ4v) is 5.26. The van der Waals surface area contributed by atoms with Crippen molar-refractivity contribution in [3.05, 3.63) is 71.6 Å². The van der Waals surface area contributed by atoms with Crippen molar-refractivity contribution in [1.82, 2.24) is 15.1 Å². The number of benzene rings is 2. The van der Waals surface area contributed by atoms with Crippen LogP contribution in [0.4, 0.5) is 10.1 Å². The van der Waals surface area contributed by atoms with Crippen molar-refractivity contribution < 1.29 is 13.7 Å². The Morgan fingerprint density at radius 2 is 1.95 bits per heavy atom. The lowest BCUT2D eigenvalue weighted by atomic mass is 10.0. The number of fused-ring (bicyclic) bond motifs is 1. The van der Waals surface area contributed by atoms with E-state index in [1.807, 2.05) is 31.2 Å². The van der Waals surface area contributed by atoms with E-state index in [2.05, 4.69) is 39.9 Å². The van der Waals surface area contributed by atoms with Crippen LogP contribution in [0.5, 0.6) is 0 Å². The van der Waals surface area contributed by atoms with E-state index >= 15 is 0 Å². The summed E-state index contributed by atoms with van der Waals surface area (Å²) in [7, 11) is 0. The van der Waals surface area contributed by atoms with Crippen molar-refractivity contribution in [2.24, 2.45) is 0 Å². The molecule has 0 radical (unpaired) electrons. The number of halogens is 1. The number of carbonyl (C=O) groups is 1. The first kappa shape index (κ1) is 25.3. The van der Waals surface area contributed by atoms with Crippen LogP contribution in [-0.2, 0) is 11.2 Å². The number of carbonyl (C=O) groups excluding carboxylic acids is 1. The summed E-state index contributed by atoms with van der Waals surface area (Å²) in [6.07, 6.45) is 5.81. The van der Waals surface area contributed by atoms with Crippen LogP contribution in [-0.4, -0.2) is 27.6 Å². The number of rotatable bonds is 12. The zero-order valence-electron chi connectivity index (χ0n) is 21.1. The first-order valence-corrected chi connectivity index (χ1v) is 13.7. The third-order valence-corrected chi connectivity index (χ3v) is 7.55. The number of aromatic nitrogens is 3. The predicted octanol–water partition coefficient (Wildman–Crippen LogP) is 7.54. The second-order valence-electron chi connectivity index (χ2n) is 9.66. The van der Waals surface area contributed by atoms with E-state index in [1.165, 1.54) is 0 Å². The molecule has 1 aliphatic rings. The second-order valence-corrected chi connectivity index (χ2v) is 10.9. The lowest BCUT2D eigenvalue weighted by Gasteiger charge is -2.23. The van der Waals surface area contributed by atoms with E-state index in [9.17, 15) is 9.18 Å². The molecule has 1 fully saturated rings. The third-order valence-electron chi connectivity index (χ3n) is 6.60. The van der Waals surface area contributed by atoms with Gasteiger partial charge < -0.3 is 9.42 Å². The second kappa shape index (κ2) is 11.3. The van der Waals surface area contributed by atoms with Gasteiger partial charge in [-0.05, 0) is 68.0 Å². The monoisotopic (exact) mass is 518 g/mol. The number of anilines is 1. The van der Waals surface area contributed by atoms with Gasteiger partial charge in [0, 0.05) is 37.4 Å². The molecule has 0 saturated heterocycles. The van der Waals surface area contributed by atoms with Crippen LogP contribution in [0.15, 0.2) is 59.4 Å². The maximum atomic E-state index is 13.3. The Balaban J connectivity index is 1.25. The molecule has 2 aromatic heterocycles. The Hall–Kier alpha value is -3.39. The van der Waals surface area contributed by atoms with Crippen LogP contribution in [0, 0.1) is 6.92 Å². The molecule has 2 aromatic carbocycles. The van der Waals surface area contributed by atoms with E-state index in [4.69, 9.17) is 4.52 Å². The number of aryl methyl sites for hydroxylation is 2. The molecule has 1 aliphatic carbocycles. The largest absolute Gasteiger partial charge is 0.339 e. The van der Waals surface area contributed by atoms with Gasteiger partial charge in [-0.1, -0.05) is 36.4 Å². The SMILES string of the molecule is C=C(F)CCC(=O)N(CCCCCc1nc(C2CC2)no1)c1cccc(-c2ccc3sc(C)nc3c2)c1. The summed E-state index contributed by atoms with van der Waals surface area (Å²) in [5.74, 6) is 1.44. The van der Waals surface area contributed by atoms with E-state index in [0.29, 0.717) is 18.4 Å². The molecular formula is C29H31FN4O2S. The molecule has 0 aliphatic heterocycles. The molecule has 192 valence electrons. The molecule has 8 heteroatoms. The van der Waals surface area contributed by atoms with E-state index in [0.717, 1.165) is 76.4 Å². The fraction of sp³-hybridized carbons (Fsp3) is 0.379. The number of nitrogens with zero attached hydrogens (tertiary/aromatic N) is 4. The first-order valence-electron chi connectivity index (χ1n) is 12.9. The summed E-state index contributed by atoms with van der Waals surface area (Å²) in [6.45, 7) is 5.87. The van der Waals surface area contributed by atoms with Crippen LogP contribution >= 0.6 is 11.3 Å². The van der Waals surface area contributed by atoms with Gasteiger partial charge in [0.25, 0.3) is 0 Å². The fourth-order valence-electron chi connectivity index (χ4n) is 4.45. The average Bonchev–Trinajstić information content (AvgIpc) is 3.51. The minimum Gasteiger partial charge on any atom is -0.339 e. The number of allylic oxidation sites excluding steroid dienone is 1. The summed E-state index contributed by atoms with van der Waals surface area (Å²) in [4.78, 5) is 24.0. The summed E-state index contributed by atoms with van der Waals surface area (Å²) < 4.78 is 19.8. The lowest BCUT2D eigenvalue weighted by Crippen LogP contribution is -2.31. The highest BCUT2D eigenvalue weighted by Crippen LogP contribution is 2.38. The Morgan fingerprint density at radius 1 is 1.11 bits per heavy atom. The van der Waals surface area contributed by atoms with Gasteiger partial charge in [-0.3, -0.25) is 4.79 Å². The molecule has 0 N–H and O–H groups in total. The average molecular weight is 519 g/mol. The van der Waals surface area contributed by atoms with Gasteiger partial charge in [0.1, 0.15) is 0 Å². The van der Waals surface area contributed by atoms with E-state index in [-0.39, 0.29) is 18.7 Å². The highest BCUT2D eigenvalue weighted by Gasteiger charge is 2.28. The highest BCUT2D eigenvalue weighted by atomic mass is 32.1. The third kappa shape index (κ3) is 6.49. The normalized spacial score (nSPS) is 13.2. The van der Waals surface area contributed by atoms with Gasteiger partial charge in [-0.25, -0.2) is 9.37 Å². The number of amides is 1. The maximum absolute atomic E-state index is 13.3. The molecule has 0 spiro atoms. The molecule has 0 atom stereocenters. The van der Waals surface area contributed by atoms with Crippen LogP contribution < -0.4 is 4.90 Å². The highest BCUT2D eigenvalue weighted by molar-refractivity contribution is 7.18. The van der Waals surface area contributed by atoms with Crippen molar-refractivity contribution >= 4 is 33.1 Å². The van der Waals surface area contributed by atoms with Gasteiger partial charge in [0.2, 0.25) is 11.8 Å². The minimum absolute atomic E-state index is 0.0371. The van der Waals surface area contributed by atoms with Gasteiger partial charge in [-0.2, -0.15) is 4.98 Å². The quantitative estimate of drug-likeness (QED) is 0.181. The standard InChI is InChI=1S/C29H31FN4O2S/c1-19(30)10-15-28(35)34(16-5-3-4-9-27-32-29(33-36-27)21-11-12-21)24-8-6-7-22(17-24)23-13-14-26-25(18-23)31-20(2)37-26/h6-8,13-14,17-18,21H,1,3-5,9-12,15-16H2,2H3. The van der Waals surface area contributed by atoms with Crippen molar-refractivity contribution in [3.63, 3.8) is 0 Å². The Bertz CT molecular complexity index is 1410. The van der Waals surface area contributed by atoms with Crippen molar-refractivity contribution in [2.75, 3.05) is 11.4 Å². The minimum atomic E-state index is -0.473. The topological polar surface area (TPSA) is 72.1 Å². The molecule has 2 heterocycles.